The molecule has 0 fully saturated rings. The summed E-state index contributed by atoms with van der Waals surface area (Å²) in [5.41, 5.74) is 0.734. The second kappa shape index (κ2) is 12.7. The molecule has 37 heavy (non-hydrogen) atoms. The maximum absolute atomic E-state index is 13.8. The Morgan fingerprint density at radius 1 is 1.16 bits per heavy atom. The fourth-order valence-electron chi connectivity index (χ4n) is 3.49. The van der Waals surface area contributed by atoms with E-state index >= 15 is 0 Å². The molecule has 0 saturated carbocycles. The number of carbonyl (C=O) groups is 1. The van der Waals surface area contributed by atoms with Crippen LogP contribution in [0.15, 0.2) is 46.9 Å². The summed E-state index contributed by atoms with van der Waals surface area (Å²) in [5.74, 6) is -2.85. The van der Waals surface area contributed by atoms with E-state index in [0.717, 1.165) is 27.5 Å². The first kappa shape index (κ1) is 28.9. The quantitative estimate of drug-likeness (QED) is 0.187. The lowest BCUT2D eigenvalue weighted by atomic mass is 10.00. The van der Waals surface area contributed by atoms with E-state index in [4.69, 9.17) is 4.42 Å². The van der Waals surface area contributed by atoms with Gasteiger partial charge in [-0.15, -0.1) is 0 Å². The summed E-state index contributed by atoms with van der Waals surface area (Å²) in [5, 5.41) is 26.0. The molecule has 0 saturated heterocycles. The minimum atomic E-state index is -3.78. The molecule has 2 atom stereocenters. The summed E-state index contributed by atoms with van der Waals surface area (Å²) in [6.45, 7) is -0.330. The molecule has 2 aromatic carbocycles. The number of amides is 1. The smallest absolute Gasteiger partial charge is 0.309 e. The molecule has 1 aromatic heterocycles. The first-order chi connectivity index (χ1) is 17.4. The SMILES string of the molecule is CS(=O)(=O)Nc1nc(C(=O)N[C@@H](Cc2cc(F)cc(F)c2)[C@H](O)CNCc2cccc(I)c2)c(CO)o1. The molecule has 10 nitrogen and oxygen atoms in total. The van der Waals surface area contributed by atoms with Gasteiger partial charge in [0.25, 0.3) is 5.91 Å². The van der Waals surface area contributed by atoms with Gasteiger partial charge in [-0.25, -0.2) is 21.9 Å². The molecule has 0 aliphatic rings. The summed E-state index contributed by atoms with van der Waals surface area (Å²) in [7, 11) is -3.78. The zero-order chi connectivity index (χ0) is 27.2. The van der Waals surface area contributed by atoms with Gasteiger partial charge in [-0.05, 0) is 64.4 Å². The summed E-state index contributed by atoms with van der Waals surface area (Å²) in [6, 6.07) is 8.97. The third kappa shape index (κ3) is 8.99. The van der Waals surface area contributed by atoms with Crippen LogP contribution in [0.4, 0.5) is 14.8 Å². The van der Waals surface area contributed by atoms with Crippen LogP contribution in [0, 0.1) is 15.2 Å². The summed E-state index contributed by atoms with van der Waals surface area (Å²) >= 11 is 2.18. The van der Waals surface area contributed by atoms with Crippen molar-refractivity contribution in [3.8, 4) is 0 Å². The normalized spacial score (nSPS) is 13.2. The zero-order valence-corrected chi connectivity index (χ0v) is 22.5. The van der Waals surface area contributed by atoms with Gasteiger partial charge in [0.2, 0.25) is 10.0 Å². The highest BCUT2D eigenvalue weighted by atomic mass is 127. The van der Waals surface area contributed by atoms with Crippen LogP contribution >= 0.6 is 22.6 Å². The zero-order valence-electron chi connectivity index (χ0n) is 19.5. The monoisotopic (exact) mass is 650 g/mol. The van der Waals surface area contributed by atoms with Crippen LogP contribution < -0.4 is 15.4 Å². The number of aromatic nitrogens is 1. The molecular weight excluding hydrogens is 625 g/mol. The van der Waals surface area contributed by atoms with Crippen LogP contribution in [-0.2, 0) is 29.6 Å². The number of aliphatic hydroxyl groups excluding tert-OH is 2. The number of rotatable bonds is 12. The molecule has 3 rings (SSSR count). The van der Waals surface area contributed by atoms with Gasteiger partial charge in [-0.3, -0.25) is 4.79 Å². The minimum Gasteiger partial charge on any atom is -0.425 e. The van der Waals surface area contributed by atoms with E-state index in [1.54, 1.807) is 0 Å². The predicted molar refractivity (Wildman–Crippen MR) is 139 cm³/mol. The van der Waals surface area contributed by atoms with Crippen molar-refractivity contribution in [1.82, 2.24) is 15.6 Å². The maximum atomic E-state index is 13.8. The Kier molecular flexibility index (Phi) is 9.94. The molecule has 0 aliphatic heterocycles. The topological polar surface area (TPSA) is 154 Å². The lowest BCUT2D eigenvalue weighted by molar-refractivity contribution is 0.0821. The van der Waals surface area contributed by atoms with Crippen LogP contribution in [0.3, 0.4) is 0 Å². The van der Waals surface area contributed by atoms with E-state index in [1.165, 1.54) is 0 Å². The summed E-state index contributed by atoms with van der Waals surface area (Å²) < 4.78 is 58.5. The molecule has 3 aromatic rings. The third-order valence-electron chi connectivity index (χ3n) is 5.06. The van der Waals surface area contributed by atoms with E-state index < -0.39 is 58.0 Å². The van der Waals surface area contributed by atoms with E-state index in [9.17, 15) is 32.2 Å². The summed E-state index contributed by atoms with van der Waals surface area (Å²) in [4.78, 5) is 16.7. The molecule has 0 radical (unpaired) electrons. The van der Waals surface area contributed by atoms with Crippen molar-refractivity contribution < 1.29 is 36.6 Å². The Bertz CT molecular complexity index is 1330. The highest BCUT2D eigenvalue weighted by molar-refractivity contribution is 14.1. The lowest BCUT2D eigenvalue weighted by Gasteiger charge is -2.25. The van der Waals surface area contributed by atoms with Crippen molar-refractivity contribution >= 4 is 44.5 Å². The van der Waals surface area contributed by atoms with Crippen molar-refractivity contribution in [3.05, 3.63) is 80.3 Å². The van der Waals surface area contributed by atoms with Gasteiger partial charge in [0, 0.05) is 22.7 Å². The molecule has 1 amide bonds. The van der Waals surface area contributed by atoms with Crippen molar-refractivity contribution in [3.63, 3.8) is 0 Å². The highest BCUT2D eigenvalue weighted by Gasteiger charge is 2.27. The standard InChI is InChI=1S/C23H25F2IN4O6S/c1-37(34,35)30-23-29-21(20(12-31)36-23)22(33)28-18(8-14-5-15(24)9-16(25)6-14)19(32)11-27-10-13-3-2-4-17(26)7-13/h2-7,9,18-19,27,31-32H,8,10-12H2,1H3,(H,28,33)(H,29,30)/t18-,19+/m0/s1. The largest absolute Gasteiger partial charge is 0.425 e. The number of aliphatic hydroxyl groups is 2. The van der Waals surface area contributed by atoms with Crippen LogP contribution in [0.5, 0.6) is 0 Å². The van der Waals surface area contributed by atoms with Gasteiger partial charge in [0.1, 0.15) is 18.2 Å². The number of nitrogens with one attached hydrogen (secondary N) is 3. The molecule has 14 heteroatoms. The van der Waals surface area contributed by atoms with Gasteiger partial charge in [-0.1, -0.05) is 12.1 Å². The van der Waals surface area contributed by atoms with Crippen LogP contribution in [0.1, 0.15) is 27.4 Å². The van der Waals surface area contributed by atoms with Gasteiger partial charge in [0.05, 0.1) is 18.4 Å². The number of hydrogen-bond acceptors (Lipinski definition) is 8. The first-order valence-electron chi connectivity index (χ1n) is 10.9. The lowest BCUT2D eigenvalue weighted by Crippen LogP contribution is -2.49. The van der Waals surface area contributed by atoms with Gasteiger partial charge in [0.15, 0.2) is 11.5 Å². The number of carbonyl (C=O) groups excluding carboxylic acids is 1. The van der Waals surface area contributed by atoms with E-state index in [2.05, 4.69) is 38.2 Å². The fraction of sp³-hybridized carbons (Fsp3) is 0.304. The third-order valence-corrected chi connectivity index (χ3v) is 6.28. The maximum Gasteiger partial charge on any atom is 0.309 e. The highest BCUT2D eigenvalue weighted by Crippen LogP contribution is 2.18. The van der Waals surface area contributed by atoms with Gasteiger partial charge >= 0.3 is 6.01 Å². The van der Waals surface area contributed by atoms with E-state index in [0.29, 0.717) is 12.6 Å². The number of anilines is 1. The van der Waals surface area contributed by atoms with Crippen molar-refractivity contribution in [2.75, 3.05) is 17.5 Å². The number of hydrogen-bond donors (Lipinski definition) is 5. The van der Waals surface area contributed by atoms with E-state index in [1.807, 2.05) is 29.0 Å². The molecule has 200 valence electrons. The second-order valence-electron chi connectivity index (χ2n) is 8.21. The molecule has 0 aliphatic carbocycles. The Morgan fingerprint density at radius 3 is 2.49 bits per heavy atom. The Morgan fingerprint density at radius 2 is 1.86 bits per heavy atom. The molecule has 5 N–H and O–H groups in total. The minimum absolute atomic E-state index is 0.0147. The first-order valence-corrected chi connectivity index (χ1v) is 13.9. The molecule has 0 bridgehead atoms. The molecule has 0 unspecified atom stereocenters. The van der Waals surface area contributed by atoms with Gasteiger partial charge in [-0.2, -0.15) is 4.98 Å². The number of oxazole rings is 1. The molecule has 1 heterocycles. The van der Waals surface area contributed by atoms with Gasteiger partial charge < -0.3 is 25.3 Å². The summed E-state index contributed by atoms with van der Waals surface area (Å²) in [6.07, 6.45) is -0.507. The average Bonchev–Trinajstić information content (AvgIpc) is 3.19. The Balaban J connectivity index is 1.78. The van der Waals surface area contributed by atoms with Crippen LogP contribution in [-0.4, -0.2) is 54.5 Å². The molecular formula is C23H25F2IN4O6S. The number of nitrogens with zero attached hydrogens (tertiary/aromatic N) is 1. The van der Waals surface area contributed by atoms with E-state index in [-0.39, 0.29) is 24.3 Å². The van der Waals surface area contributed by atoms with Crippen molar-refractivity contribution in [2.45, 2.75) is 31.7 Å². The van der Waals surface area contributed by atoms with Crippen LogP contribution in [0.25, 0.3) is 0 Å². The Labute approximate surface area is 225 Å². The Hall–Kier alpha value is -2.66. The van der Waals surface area contributed by atoms with Crippen LogP contribution in [0.2, 0.25) is 0 Å². The number of benzene rings is 2. The number of halogens is 3. The predicted octanol–water partition coefficient (Wildman–Crippen LogP) is 1.91. The number of sulfonamides is 1. The average molecular weight is 650 g/mol. The van der Waals surface area contributed by atoms with Crippen molar-refractivity contribution in [1.29, 1.82) is 0 Å². The fourth-order valence-corrected chi connectivity index (χ4v) is 4.51. The second-order valence-corrected chi connectivity index (χ2v) is 11.2. The molecule has 0 spiro atoms. The van der Waals surface area contributed by atoms with Crippen molar-refractivity contribution in [2.24, 2.45) is 0 Å².